The molecule has 3 heteroatoms. The predicted molar refractivity (Wildman–Crippen MR) is 76.3 cm³/mol. The lowest BCUT2D eigenvalue weighted by Gasteiger charge is -2.31. The molecule has 1 atom stereocenters. The van der Waals surface area contributed by atoms with Gasteiger partial charge in [0.25, 0.3) is 0 Å². The van der Waals surface area contributed by atoms with E-state index in [1.54, 1.807) is 13.8 Å². The smallest absolute Gasteiger partial charge is 0.311 e. The van der Waals surface area contributed by atoms with E-state index < -0.39 is 11.4 Å². The van der Waals surface area contributed by atoms with Crippen molar-refractivity contribution in [3.05, 3.63) is 34.9 Å². The second-order valence-corrected chi connectivity index (χ2v) is 5.98. The third-order valence-electron chi connectivity index (χ3n) is 4.27. The van der Waals surface area contributed by atoms with Crippen LogP contribution in [0.5, 0.6) is 0 Å². The number of carbonyl (C=O) groups is 1. The van der Waals surface area contributed by atoms with Crippen LogP contribution in [-0.2, 0) is 17.6 Å². The van der Waals surface area contributed by atoms with E-state index in [-0.39, 0.29) is 6.04 Å². The van der Waals surface area contributed by atoms with Crippen molar-refractivity contribution in [2.24, 2.45) is 5.41 Å². The number of benzene rings is 1. The summed E-state index contributed by atoms with van der Waals surface area (Å²) >= 11 is 0. The summed E-state index contributed by atoms with van der Waals surface area (Å²) in [5, 5.41) is 12.6. The van der Waals surface area contributed by atoms with Crippen LogP contribution >= 0.6 is 0 Å². The first-order chi connectivity index (χ1) is 8.96. The molecular formula is C16H23NO2. The summed E-state index contributed by atoms with van der Waals surface area (Å²) in [6.45, 7) is 3.55. The van der Waals surface area contributed by atoms with Crippen molar-refractivity contribution >= 4 is 5.97 Å². The highest BCUT2D eigenvalue weighted by molar-refractivity contribution is 5.75. The summed E-state index contributed by atoms with van der Waals surface area (Å²) in [6, 6.07) is 6.28. The van der Waals surface area contributed by atoms with Gasteiger partial charge < -0.3 is 10.4 Å². The lowest BCUT2D eigenvalue weighted by Crippen LogP contribution is -2.38. The average Bonchev–Trinajstić information content (AvgIpc) is 2.39. The zero-order valence-corrected chi connectivity index (χ0v) is 12.0. The Bertz CT molecular complexity index is 480. The number of carboxylic acids is 1. The zero-order valence-electron chi connectivity index (χ0n) is 12.0. The van der Waals surface area contributed by atoms with Gasteiger partial charge in [-0.05, 0) is 63.3 Å². The van der Waals surface area contributed by atoms with Crippen molar-refractivity contribution in [3.63, 3.8) is 0 Å². The van der Waals surface area contributed by atoms with Crippen LogP contribution < -0.4 is 5.32 Å². The van der Waals surface area contributed by atoms with Crippen LogP contribution in [0.2, 0.25) is 0 Å². The molecule has 19 heavy (non-hydrogen) atoms. The molecule has 0 aliphatic heterocycles. The van der Waals surface area contributed by atoms with Crippen LogP contribution in [0.1, 0.15) is 49.4 Å². The molecule has 1 aliphatic rings. The van der Waals surface area contributed by atoms with Crippen LogP contribution in [-0.4, -0.2) is 18.1 Å². The number of carboxylic acid groups (broad SMARTS) is 1. The maximum absolute atomic E-state index is 11.4. The fraction of sp³-hybridized carbons (Fsp3) is 0.562. The molecule has 0 aromatic heterocycles. The largest absolute Gasteiger partial charge is 0.481 e. The Morgan fingerprint density at radius 1 is 1.26 bits per heavy atom. The highest BCUT2D eigenvalue weighted by Crippen LogP contribution is 2.35. The molecule has 0 amide bonds. The van der Waals surface area contributed by atoms with Crippen molar-refractivity contribution in [1.29, 1.82) is 0 Å². The Hall–Kier alpha value is -1.35. The van der Waals surface area contributed by atoms with E-state index in [9.17, 15) is 9.90 Å². The first kappa shape index (κ1) is 14.1. The Kier molecular flexibility index (Phi) is 3.95. The van der Waals surface area contributed by atoms with Gasteiger partial charge in [-0.3, -0.25) is 4.79 Å². The molecule has 2 rings (SSSR count). The van der Waals surface area contributed by atoms with Crippen molar-refractivity contribution in [1.82, 2.24) is 5.32 Å². The third kappa shape index (κ3) is 2.66. The number of aryl methyl sites for hydroxylation is 2. The van der Waals surface area contributed by atoms with Gasteiger partial charge in [-0.15, -0.1) is 0 Å². The quantitative estimate of drug-likeness (QED) is 0.876. The van der Waals surface area contributed by atoms with Gasteiger partial charge in [-0.25, -0.2) is 0 Å². The molecule has 0 heterocycles. The highest BCUT2D eigenvalue weighted by atomic mass is 16.4. The molecule has 0 radical (unpaired) electrons. The number of fused-ring (bicyclic) bond motifs is 1. The van der Waals surface area contributed by atoms with Crippen molar-refractivity contribution < 1.29 is 9.90 Å². The Balaban J connectivity index is 2.36. The molecule has 1 aromatic rings. The van der Waals surface area contributed by atoms with Crippen molar-refractivity contribution in [2.75, 3.05) is 7.05 Å². The monoisotopic (exact) mass is 261 g/mol. The molecule has 3 nitrogen and oxygen atoms in total. The highest BCUT2D eigenvalue weighted by Gasteiger charge is 2.37. The van der Waals surface area contributed by atoms with Crippen LogP contribution in [0, 0.1) is 5.41 Å². The van der Waals surface area contributed by atoms with E-state index in [4.69, 9.17) is 0 Å². The summed E-state index contributed by atoms with van der Waals surface area (Å²) in [4.78, 5) is 11.4. The molecule has 0 fully saturated rings. The molecule has 0 saturated heterocycles. The van der Waals surface area contributed by atoms with Crippen LogP contribution in [0.15, 0.2) is 18.2 Å². The fourth-order valence-electron chi connectivity index (χ4n) is 3.00. The summed E-state index contributed by atoms with van der Waals surface area (Å²) in [5.74, 6) is -0.774. The lowest BCUT2D eigenvalue weighted by atomic mass is 9.79. The molecule has 104 valence electrons. The van der Waals surface area contributed by atoms with Crippen molar-refractivity contribution in [3.8, 4) is 0 Å². The average molecular weight is 261 g/mol. The van der Waals surface area contributed by atoms with Gasteiger partial charge >= 0.3 is 5.97 Å². The maximum Gasteiger partial charge on any atom is 0.311 e. The number of nitrogens with one attached hydrogen (secondary N) is 1. The van der Waals surface area contributed by atoms with Crippen LogP contribution in [0.4, 0.5) is 0 Å². The minimum Gasteiger partial charge on any atom is -0.481 e. The van der Waals surface area contributed by atoms with Gasteiger partial charge in [-0.1, -0.05) is 18.2 Å². The van der Waals surface area contributed by atoms with E-state index in [0.717, 1.165) is 18.4 Å². The van der Waals surface area contributed by atoms with E-state index in [2.05, 4.69) is 23.5 Å². The first-order valence-electron chi connectivity index (χ1n) is 6.99. The Morgan fingerprint density at radius 2 is 1.89 bits per heavy atom. The van der Waals surface area contributed by atoms with E-state index >= 15 is 0 Å². The maximum atomic E-state index is 11.4. The molecule has 1 aliphatic carbocycles. The number of rotatable bonds is 4. The molecule has 0 spiro atoms. The number of hydrogen-bond donors (Lipinski definition) is 2. The van der Waals surface area contributed by atoms with Gasteiger partial charge in [0.2, 0.25) is 0 Å². The van der Waals surface area contributed by atoms with E-state index in [1.807, 2.05) is 7.05 Å². The van der Waals surface area contributed by atoms with E-state index in [0.29, 0.717) is 0 Å². The van der Waals surface area contributed by atoms with Crippen LogP contribution in [0.3, 0.4) is 0 Å². The Morgan fingerprint density at radius 3 is 2.47 bits per heavy atom. The minimum atomic E-state index is -0.822. The second kappa shape index (κ2) is 5.33. The summed E-state index contributed by atoms with van der Waals surface area (Å²) in [5.41, 5.74) is 3.08. The number of aliphatic carboxylic acids is 1. The predicted octanol–water partition coefficient (Wildman–Crippen LogP) is 2.94. The molecule has 1 unspecified atom stereocenters. The van der Waals surface area contributed by atoms with Crippen LogP contribution in [0.25, 0.3) is 0 Å². The summed E-state index contributed by atoms with van der Waals surface area (Å²) in [7, 11) is 1.83. The lowest BCUT2D eigenvalue weighted by molar-refractivity contribution is -0.148. The first-order valence-corrected chi connectivity index (χ1v) is 6.99. The van der Waals surface area contributed by atoms with Gasteiger partial charge in [0.1, 0.15) is 0 Å². The van der Waals surface area contributed by atoms with Gasteiger partial charge in [-0.2, -0.15) is 0 Å². The second-order valence-electron chi connectivity index (χ2n) is 5.98. The van der Waals surface area contributed by atoms with Gasteiger partial charge in [0.15, 0.2) is 0 Å². The number of hydrogen-bond acceptors (Lipinski definition) is 2. The molecular weight excluding hydrogens is 238 g/mol. The summed E-state index contributed by atoms with van der Waals surface area (Å²) in [6.07, 6.45) is 4.78. The standard InChI is InChI=1S/C16H23NO2/c1-16(2,15(18)19)14(17-3)13-9-8-11-6-4-5-7-12(11)10-13/h8-10,14,17H,4-7H2,1-3H3,(H,18,19). The Labute approximate surface area is 115 Å². The van der Waals surface area contributed by atoms with E-state index in [1.165, 1.54) is 24.0 Å². The van der Waals surface area contributed by atoms with Gasteiger partial charge in [0, 0.05) is 6.04 Å². The third-order valence-corrected chi connectivity index (χ3v) is 4.27. The van der Waals surface area contributed by atoms with Crippen molar-refractivity contribution in [2.45, 2.75) is 45.6 Å². The fourth-order valence-corrected chi connectivity index (χ4v) is 3.00. The summed E-state index contributed by atoms with van der Waals surface area (Å²) < 4.78 is 0. The topological polar surface area (TPSA) is 49.3 Å². The minimum absolute atomic E-state index is 0.169. The SMILES string of the molecule is CNC(c1ccc2c(c1)CCCC2)C(C)(C)C(=O)O. The molecule has 0 bridgehead atoms. The molecule has 0 saturated carbocycles. The molecule has 1 aromatic carbocycles. The normalized spacial score (nSPS) is 16.8. The zero-order chi connectivity index (χ0) is 14.0. The van der Waals surface area contributed by atoms with Gasteiger partial charge in [0.05, 0.1) is 5.41 Å². The molecule has 2 N–H and O–H groups in total.